The van der Waals surface area contributed by atoms with Gasteiger partial charge in [0.25, 0.3) is 5.56 Å². The van der Waals surface area contributed by atoms with E-state index in [1.165, 1.54) is 18.7 Å². The molecule has 8 heteroatoms. The Hall–Kier alpha value is -2.64. The topological polar surface area (TPSA) is 94.7 Å². The van der Waals surface area contributed by atoms with Crippen LogP contribution < -0.4 is 16.7 Å². The molecular weight excluding hydrogens is 274 g/mol. The molecule has 0 bridgehead atoms. The number of aromatic amines is 1. The van der Waals surface area contributed by atoms with Crippen LogP contribution in [0.1, 0.15) is 12.7 Å². The van der Waals surface area contributed by atoms with Crippen molar-refractivity contribution >= 4 is 22.2 Å². The zero-order valence-corrected chi connectivity index (χ0v) is 12.2. The normalized spacial score (nSPS) is 11.6. The van der Waals surface area contributed by atoms with E-state index in [0.717, 1.165) is 4.57 Å². The van der Waals surface area contributed by atoms with Crippen LogP contribution >= 0.6 is 0 Å². The quantitative estimate of drug-likeness (QED) is 0.659. The lowest BCUT2D eigenvalue weighted by molar-refractivity contribution is 0.707. The van der Waals surface area contributed by atoms with Crippen LogP contribution in [0, 0.1) is 6.92 Å². The van der Waals surface area contributed by atoms with Crippen molar-refractivity contribution in [1.82, 2.24) is 23.7 Å². The van der Waals surface area contributed by atoms with Crippen LogP contribution in [-0.4, -0.2) is 23.7 Å². The van der Waals surface area contributed by atoms with Crippen LogP contribution in [0.4, 0.5) is 0 Å². The summed E-state index contributed by atoms with van der Waals surface area (Å²) in [4.78, 5) is 44.2. The Balaban J connectivity index is 2.75. The van der Waals surface area contributed by atoms with Crippen LogP contribution in [0.5, 0.6) is 0 Å². The number of pyridine rings is 1. The summed E-state index contributed by atoms with van der Waals surface area (Å²) in [6.45, 7) is 4.26. The first-order valence-electron chi connectivity index (χ1n) is 6.57. The maximum atomic E-state index is 12.7. The number of nitrogens with one attached hydrogen (secondary N) is 1. The van der Waals surface area contributed by atoms with Gasteiger partial charge in [0.2, 0.25) is 5.43 Å². The van der Waals surface area contributed by atoms with E-state index in [1.807, 2.05) is 6.92 Å². The molecule has 0 saturated carbocycles. The molecule has 0 saturated heterocycles. The van der Waals surface area contributed by atoms with Gasteiger partial charge in [-0.25, -0.2) is 9.78 Å². The lowest BCUT2D eigenvalue weighted by atomic mass is 10.3. The van der Waals surface area contributed by atoms with Crippen molar-refractivity contribution in [3.05, 3.63) is 36.9 Å². The summed E-state index contributed by atoms with van der Waals surface area (Å²) in [5, 5.41) is -0.0262. The third-order valence-electron chi connectivity index (χ3n) is 3.82. The van der Waals surface area contributed by atoms with Crippen LogP contribution in [0.15, 0.2) is 14.4 Å². The van der Waals surface area contributed by atoms with Gasteiger partial charge >= 0.3 is 5.69 Å². The predicted octanol–water partition coefficient (Wildman–Crippen LogP) is -0.396. The van der Waals surface area contributed by atoms with Gasteiger partial charge in [-0.3, -0.25) is 18.7 Å². The molecule has 1 N–H and O–H groups in total. The average Bonchev–Trinajstić information content (AvgIpc) is 2.78. The van der Waals surface area contributed by atoms with Crippen molar-refractivity contribution in [2.75, 3.05) is 0 Å². The fourth-order valence-corrected chi connectivity index (χ4v) is 2.69. The van der Waals surface area contributed by atoms with Crippen molar-refractivity contribution in [2.45, 2.75) is 20.4 Å². The molecule has 0 aliphatic carbocycles. The number of fused-ring (bicyclic) bond motifs is 2. The third kappa shape index (κ3) is 1.55. The molecule has 3 heterocycles. The van der Waals surface area contributed by atoms with Crippen molar-refractivity contribution in [3.8, 4) is 0 Å². The molecule has 110 valence electrons. The first kappa shape index (κ1) is 13.3. The summed E-state index contributed by atoms with van der Waals surface area (Å²) >= 11 is 0. The van der Waals surface area contributed by atoms with Gasteiger partial charge < -0.3 is 9.55 Å². The zero-order chi connectivity index (χ0) is 15.5. The second-order valence-electron chi connectivity index (χ2n) is 4.98. The van der Waals surface area contributed by atoms with E-state index in [4.69, 9.17) is 0 Å². The molecule has 8 nitrogen and oxygen atoms in total. The summed E-state index contributed by atoms with van der Waals surface area (Å²) in [6.07, 6.45) is 0. The first-order valence-corrected chi connectivity index (χ1v) is 6.57. The first-order chi connectivity index (χ1) is 9.88. The highest BCUT2D eigenvalue weighted by molar-refractivity contribution is 5.87. The Morgan fingerprint density at radius 3 is 2.43 bits per heavy atom. The Bertz CT molecular complexity index is 1060. The zero-order valence-electron chi connectivity index (χ0n) is 12.2. The molecule has 0 unspecified atom stereocenters. The number of hydrogen-bond acceptors (Lipinski definition) is 4. The monoisotopic (exact) mass is 289 g/mol. The van der Waals surface area contributed by atoms with E-state index < -0.39 is 16.7 Å². The minimum Gasteiger partial charge on any atom is -0.324 e. The molecule has 0 fully saturated rings. The molecule has 3 aromatic rings. The number of aryl methyl sites for hydroxylation is 3. The molecule has 3 aromatic heterocycles. The maximum Gasteiger partial charge on any atom is 0.332 e. The highest BCUT2D eigenvalue weighted by Crippen LogP contribution is 2.13. The SMILES string of the molecule is CCn1c(C)nc2[nH]c3c(c(=O)c21)c(=O)n(C)c(=O)n3C. The Morgan fingerprint density at radius 2 is 1.81 bits per heavy atom. The number of H-pyrrole nitrogens is 1. The second-order valence-corrected chi connectivity index (χ2v) is 4.98. The van der Waals surface area contributed by atoms with Gasteiger partial charge in [0.15, 0.2) is 5.65 Å². The van der Waals surface area contributed by atoms with Crippen LogP contribution in [-0.2, 0) is 20.6 Å². The smallest absolute Gasteiger partial charge is 0.324 e. The molecule has 0 aliphatic heterocycles. The van der Waals surface area contributed by atoms with E-state index >= 15 is 0 Å². The van der Waals surface area contributed by atoms with Gasteiger partial charge in [-0.2, -0.15) is 0 Å². The summed E-state index contributed by atoms with van der Waals surface area (Å²) in [5.41, 5.74) is -0.556. The number of hydrogen-bond donors (Lipinski definition) is 1. The molecule has 0 aliphatic rings. The fourth-order valence-electron chi connectivity index (χ4n) is 2.69. The molecule has 3 rings (SSSR count). The van der Waals surface area contributed by atoms with Crippen molar-refractivity contribution in [1.29, 1.82) is 0 Å². The molecule has 0 radical (unpaired) electrons. The number of imidazole rings is 1. The van der Waals surface area contributed by atoms with Crippen molar-refractivity contribution in [2.24, 2.45) is 14.1 Å². The predicted molar refractivity (Wildman–Crippen MR) is 78.8 cm³/mol. The lowest BCUT2D eigenvalue weighted by Crippen LogP contribution is -2.39. The van der Waals surface area contributed by atoms with Gasteiger partial charge in [-0.1, -0.05) is 0 Å². The third-order valence-corrected chi connectivity index (χ3v) is 3.82. The van der Waals surface area contributed by atoms with Crippen molar-refractivity contribution < 1.29 is 0 Å². The molecule has 0 atom stereocenters. The van der Waals surface area contributed by atoms with Crippen molar-refractivity contribution in [3.63, 3.8) is 0 Å². The number of nitrogens with zero attached hydrogens (tertiary/aromatic N) is 4. The van der Waals surface area contributed by atoms with Gasteiger partial charge in [0.05, 0.1) is 0 Å². The van der Waals surface area contributed by atoms with E-state index in [0.29, 0.717) is 23.5 Å². The second kappa shape index (κ2) is 4.18. The Morgan fingerprint density at radius 1 is 1.14 bits per heavy atom. The van der Waals surface area contributed by atoms with E-state index in [9.17, 15) is 14.4 Å². The van der Waals surface area contributed by atoms with Gasteiger partial charge in [0, 0.05) is 20.6 Å². The average molecular weight is 289 g/mol. The number of rotatable bonds is 1. The maximum absolute atomic E-state index is 12.7. The highest BCUT2D eigenvalue weighted by Gasteiger charge is 2.18. The number of aromatic nitrogens is 5. The lowest BCUT2D eigenvalue weighted by Gasteiger charge is -2.07. The minimum atomic E-state index is -0.599. The standard InChI is InChI=1S/C13H15N5O3/c1-5-18-6(2)14-10-8(18)9(19)7-11(15-10)16(3)13(21)17(4)12(7)20/h5H2,1-4H3,(H,15,19). The summed E-state index contributed by atoms with van der Waals surface area (Å²) in [7, 11) is 2.87. The largest absolute Gasteiger partial charge is 0.332 e. The molecule has 0 aromatic carbocycles. The van der Waals surface area contributed by atoms with Gasteiger partial charge in [-0.15, -0.1) is 0 Å². The molecule has 0 spiro atoms. The molecule has 21 heavy (non-hydrogen) atoms. The fraction of sp³-hybridized carbons (Fsp3) is 0.385. The summed E-state index contributed by atoms with van der Waals surface area (Å²) in [6, 6.07) is 0. The molecular formula is C13H15N5O3. The highest BCUT2D eigenvalue weighted by atomic mass is 16.2. The van der Waals surface area contributed by atoms with E-state index in [1.54, 1.807) is 11.5 Å². The minimum absolute atomic E-state index is 0.0262. The van der Waals surface area contributed by atoms with Gasteiger partial charge in [-0.05, 0) is 13.8 Å². The van der Waals surface area contributed by atoms with Crippen LogP contribution in [0.2, 0.25) is 0 Å². The summed E-state index contributed by atoms with van der Waals surface area (Å²) in [5.74, 6) is 0.679. The van der Waals surface area contributed by atoms with E-state index in [2.05, 4.69) is 9.97 Å². The van der Waals surface area contributed by atoms with Crippen LogP contribution in [0.3, 0.4) is 0 Å². The summed E-state index contributed by atoms with van der Waals surface area (Å²) < 4.78 is 3.93. The van der Waals surface area contributed by atoms with Gasteiger partial charge in [0.1, 0.15) is 22.4 Å². The molecule has 0 amide bonds. The Labute approximate surface area is 118 Å². The van der Waals surface area contributed by atoms with Crippen LogP contribution in [0.25, 0.3) is 22.2 Å². The van der Waals surface area contributed by atoms with E-state index in [-0.39, 0.29) is 11.0 Å². The Kier molecular flexibility index (Phi) is 2.65.